The van der Waals surface area contributed by atoms with E-state index >= 15 is 0 Å². The van der Waals surface area contributed by atoms with Crippen LogP contribution in [0.3, 0.4) is 0 Å². The molecule has 1 aromatic rings. The van der Waals surface area contributed by atoms with Gasteiger partial charge in [0.05, 0.1) is 13.2 Å². The molecule has 1 atom stereocenters. The van der Waals surface area contributed by atoms with Crippen molar-refractivity contribution in [1.82, 2.24) is 19.9 Å². The highest BCUT2D eigenvalue weighted by molar-refractivity contribution is 5.77. The van der Waals surface area contributed by atoms with Gasteiger partial charge in [0.2, 0.25) is 5.89 Å². The zero-order valence-electron chi connectivity index (χ0n) is 13.3. The smallest absolute Gasteiger partial charge is 0.323 e. The van der Waals surface area contributed by atoms with Crippen molar-refractivity contribution in [3.05, 3.63) is 11.7 Å². The van der Waals surface area contributed by atoms with Crippen LogP contribution in [0.15, 0.2) is 4.52 Å². The predicted molar refractivity (Wildman–Crippen MR) is 79.2 cm³/mol. The van der Waals surface area contributed by atoms with E-state index in [2.05, 4.69) is 19.9 Å². The molecule has 0 unspecified atom stereocenters. The van der Waals surface area contributed by atoms with Crippen LogP contribution in [0.1, 0.15) is 44.3 Å². The summed E-state index contributed by atoms with van der Waals surface area (Å²) < 4.78 is 10.3. The number of carbonyl (C=O) groups excluding carboxylic acids is 1. The standard InChI is InChI=1S/C15H24N4O3/c1-11(2)14-16-13(17-22-14)10-18-5-3-6-19(8-7-18)12-4-9-21-15(12)20/h11-12H,3-10H2,1-2H3/t12-/m1/s1. The molecule has 0 radical (unpaired) electrons. The number of rotatable bonds is 4. The van der Waals surface area contributed by atoms with Crippen LogP contribution in [0.25, 0.3) is 0 Å². The van der Waals surface area contributed by atoms with E-state index in [1.807, 2.05) is 13.8 Å². The molecule has 0 aromatic carbocycles. The molecule has 2 saturated heterocycles. The average Bonchev–Trinajstić information content (AvgIpc) is 3.05. The van der Waals surface area contributed by atoms with Crippen molar-refractivity contribution in [2.45, 2.75) is 45.2 Å². The van der Waals surface area contributed by atoms with Crippen LogP contribution in [-0.2, 0) is 16.1 Å². The lowest BCUT2D eigenvalue weighted by atomic mass is 10.2. The molecule has 122 valence electrons. The molecular weight excluding hydrogens is 284 g/mol. The molecule has 22 heavy (non-hydrogen) atoms. The Bertz CT molecular complexity index is 517. The fourth-order valence-corrected chi connectivity index (χ4v) is 3.04. The molecule has 2 aliphatic heterocycles. The molecule has 2 aliphatic rings. The van der Waals surface area contributed by atoms with Gasteiger partial charge < -0.3 is 9.26 Å². The highest BCUT2D eigenvalue weighted by Gasteiger charge is 2.33. The number of hydrogen-bond donors (Lipinski definition) is 0. The molecule has 3 rings (SSSR count). The molecule has 0 N–H and O–H groups in total. The summed E-state index contributed by atoms with van der Waals surface area (Å²) in [6.07, 6.45) is 1.86. The van der Waals surface area contributed by atoms with Crippen LogP contribution >= 0.6 is 0 Å². The summed E-state index contributed by atoms with van der Waals surface area (Å²) in [5.41, 5.74) is 0. The average molecular weight is 308 g/mol. The van der Waals surface area contributed by atoms with Gasteiger partial charge in [-0.05, 0) is 13.0 Å². The number of ether oxygens (including phenoxy) is 1. The predicted octanol–water partition coefficient (Wildman–Crippen LogP) is 1.02. The Hall–Kier alpha value is -1.47. The van der Waals surface area contributed by atoms with Gasteiger partial charge in [0.15, 0.2) is 5.82 Å². The third kappa shape index (κ3) is 3.47. The number of aromatic nitrogens is 2. The first-order valence-corrected chi connectivity index (χ1v) is 8.09. The van der Waals surface area contributed by atoms with E-state index in [1.165, 1.54) is 0 Å². The monoisotopic (exact) mass is 308 g/mol. The van der Waals surface area contributed by atoms with E-state index in [9.17, 15) is 4.79 Å². The Morgan fingerprint density at radius 1 is 1.27 bits per heavy atom. The van der Waals surface area contributed by atoms with E-state index in [-0.39, 0.29) is 17.9 Å². The number of cyclic esters (lactones) is 1. The van der Waals surface area contributed by atoms with Gasteiger partial charge in [-0.15, -0.1) is 0 Å². The van der Waals surface area contributed by atoms with E-state index < -0.39 is 0 Å². The van der Waals surface area contributed by atoms with Gasteiger partial charge in [-0.3, -0.25) is 14.6 Å². The maximum absolute atomic E-state index is 11.7. The second kappa shape index (κ2) is 6.75. The molecule has 0 bridgehead atoms. The van der Waals surface area contributed by atoms with Gasteiger partial charge >= 0.3 is 5.97 Å². The maximum Gasteiger partial charge on any atom is 0.323 e. The summed E-state index contributed by atoms with van der Waals surface area (Å²) in [4.78, 5) is 20.7. The molecule has 0 spiro atoms. The van der Waals surface area contributed by atoms with Crippen LogP contribution in [0, 0.1) is 0 Å². The Balaban J connectivity index is 1.54. The Labute approximate surface area is 130 Å². The molecule has 0 amide bonds. The van der Waals surface area contributed by atoms with Crippen LogP contribution in [-0.4, -0.2) is 64.7 Å². The summed E-state index contributed by atoms with van der Waals surface area (Å²) in [6.45, 7) is 9.08. The topological polar surface area (TPSA) is 71.7 Å². The van der Waals surface area contributed by atoms with Crippen molar-refractivity contribution < 1.29 is 14.1 Å². The van der Waals surface area contributed by atoms with Gasteiger partial charge in [-0.1, -0.05) is 19.0 Å². The minimum Gasteiger partial charge on any atom is -0.464 e. The summed E-state index contributed by atoms with van der Waals surface area (Å²) in [6, 6.07) is -0.0438. The van der Waals surface area contributed by atoms with Crippen LogP contribution in [0.4, 0.5) is 0 Å². The van der Waals surface area contributed by atoms with E-state index in [0.29, 0.717) is 19.0 Å². The van der Waals surface area contributed by atoms with Gasteiger partial charge in [-0.25, -0.2) is 0 Å². The van der Waals surface area contributed by atoms with Crippen molar-refractivity contribution in [2.75, 3.05) is 32.8 Å². The summed E-state index contributed by atoms with van der Waals surface area (Å²) in [5.74, 6) is 1.64. The van der Waals surface area contributed by atoms with Crippen molar-refractivity contribution >= 4 is 5.97 Å². The lowest BCUT2D eigenvalue weighted by molar-refractivity contribution is -0.142. The molecule has 2 fully saturated rings. The molecule has 1 aromatic heterocycles. The Morgan fingerprint density at radius 3 is 2.82 bits per heavy atom. The Morgan fingerprint density at radius 2 is 2.14 bits per heavy atom. The maximum atomic E-state index is 11.7. The lowest BCUT2D eigenvalue weighted by Gasteiger charge is -2.24. The van der Waals surface area contributed by atoms with E-state index in [1.54, 1.807) is 0 Å². The summed E-state index contributed by atoms with van der Waals surface area (Å²) in [5, 5.41) is 4.06. The quantitative estimate of drug-likeness (QED) is 0.769. The third-order valence-electron chi connectivity index (χ3n) is 4.31. The molecule has 3 heterocycles. The first-order chi connectivity index (χ1) is 10.6. The second-order valence-corrected chi connectivity index (χ2v) is 6.34. The number of nitrogens with zero attached hydrogens (tertiary/aromatic N) is 4. The molecule has 0 saturated carbocycles. The van der Waals surface area contributed by atoms with E-state index in [0.717, 1.165) is 44.8 Å². The normalized spacial score (nSPS) is 24.7. The molecule has 7 heteroatoms. The summed E-state index contributed by atoms with van der Waals surface area (Å²) >= 11 is 0. The van der Waals surface area contributed by atoms with Crippen molar-refractivity contribution in [1.29, 1.82) is 0 Å². The number of esters is 1. The highest BCUT2D eigenvalue weighted by atomic mass is 16.5. The first-order valence-electron chi connectivity index (χ1n) is 8.09. The number of hydrogen-bond acceptors (Lipinski definition) is 7. The Kier molecular flexibility index (Phi) is 4.73. The fourth-order valence-electron chi connectivity index (χ4n) is 3.04. The van der Waals surface area contributed by atoms with Gasteiger partial charge in [0, 0.05) is 32.0 Å². The number of carbonyl (C=O) groups is 1. The van der Waals surface area contributed by atoms with Crippen molar-refractivity contribution in [3.63, 3.8) is 0 Å². The van der Waals surface area contributed by atoms with Gasteiger partial charge in [0.25, 0.3) is 0 Å². The van der Waals surface area contributed by atoms with Crippen LogP contribution in [0.2, 0.25) is 0 Å². The third-order valence-corrected chi connectivity index (χ3v) is 4.31. The van der Waals surface area contributed by atoms with Crippen molar-refractivity contribution in [3.8, 4) is 0 Å². The summed E-state index contributed by atoms with van der Waals surface area (Å²) in [7, 11) is 0. The van der Waals surface area contributed by atoms with E-state index in [4.69, 9.17) is 9.26 Å². The molecule has 0 aliphatic carbocycles. The van der Waals surface area contributed by atoms with Crippen LogP contribution < -0.4 is 0 Å². The van der Waals surface area contributed by atoms with Crippen LogP contribution in [0.5, 0.6) is 0 Å². The fraction of sp³-hybridized carbons (Fsp3) is 0.800. The second-order valence-electron chi connectivity index (χ2n) is 6.34. The zero-order chi connectivity index (χ0) is 15.5. The molecular formula is C15H24N4O3. The zero-order valence-corrected chi connectivity index (χ0v) is 13.3. The first kappa shape index (κ1) is 15.4. The van der Waals surface area contributed by atoms with Gasteiger partial charge in [0.1, 0.15) is 6.04 Å². The highest BCUT2D eigenvalue weighted by Crippen LogP contribution is 2.17. The minimum atomic E-state index is -0.0619. The largest absolute Gasteiger partial charge is 0.464 e. The van der Waals surface area contributed by atoms with Crippen molar-refractivity contribution in [2.24, 2.45) is 0 Å². The lowest BCUT2D eigenvalue weighted by Crippen LogP contribution is -2.41. The minimum absolute atomic E-state index is 0.0438. The SMILES string of the molecule is CC(C)c1nc(CN2CCCN([C@@H]3CCOC3=O)CC2)no1. The van der Waals surface area contributed by atoms with Gasteiger partial charge in [-0.2, -0.15) is 4.98 Å². The molecule has 7 nitrogen and oxygen atoms in total.